The molecule has 2 nitrogen and oxygen atoms in total. The summed E-state index contributed by atoms with van der Waals surface area (Å²) < 4.78 is 0. The van der Waals surface area contributed by atoms with Gasteiger partial charge in [-0.3, -0.25) is 0 Å². The van der Waals surface area contributed by atoms with E-state index in [1.807, 2.05) is 0 Å². The summed E-state index contributed by atoms with van der Waals surface area (Å²) in [5.74, 6) is 0.788. The van der Waals surface area contributed by atoms with E-state index in [2.05, 4.69) is 20.8 Å². The second-order valence-electron chi connectivity index (χ2n) is 5.40. The van der Waals surface area contributed by atoms with E-state index in [1.54, 1.807) is 0 Å². The van der Waals surface area contributed by atoms with E-state index in [0.29, 0.717) is 18.3 Å². The van der Waals surface area contributed by atoms with Gasteiger partial charge in [-0.2, -0.15) is 0 Å². The zero-order valence-electron chi connectivity index (χ0n) is 10.2. The number of unbranched alkanes of at least 4 members (excludes halogenated alkanes) is 1. The lowest BCUT2D eigenvalue weighted by Crippen LogP contribution is -2.41. The van der Waals surface area contributed by atoms with E-state index in [9.17, 15) is 9.90 Å². The van der Waals surface area contributed by atoms with E-state index in [0.717, 1.165) is 32.0 Å². The molecule has 0 saturated heterocycles. The van der Waals surface area contributed by atoms with Crippen LogP contribution in [0, 0.1) is 17.3 Å². The molecule has 15 heavy (non-hydrogen) atoms. The molecule has 0 heterocycles. The molecule has 1 N–H and O–H groups in total. The molecular weight excluding hydrogens is 188 g/mol. The fraction of sp³-hybridized carbons (Fsp3) is 0.923. The fourth-order valence-corrected chi connectivity index (χ4v) is 2.78. The van der Waals surface area contributed by atoms with Crippen LogP contribution in [-0.2, 0) is 4.79 Å². The normalized spacial score (nSPS) is 41.5. The Balaban J connectivity index is 2.69. The van der Waals surface area contributed by atoms with Crippen molar-refractivity contribution >= 4 is 6.29 Å². The van der Waals surface area contributed by atoms with Gasteiger partial charge >= 0.3 is 0 Å². The zero-order chi connectivity index (χ0) is 11.5. The maximum atomic E-state index is 11.3. The summed E-state index contributed by atoms with van der Waals surface area (Å²) in [5.41, 5.74) is -0.235. The number of aliphatic hydroxyl groups excluding tert-OH is 1. The van der Waals surface area contributed by atoms with E-state index >= 15 is 0 Å². The molecule has 0 bridgehead atoms. The van der Waals surface area contributed by atoms with Crippen molar-refractivity contribution in [2.45, 2.75) is 59.0 Å². The predicted octanol–water partition coefficient (Wildman–Crippen LogP) is 2.79. The highest BCUT2D eigenvalue weighted by Gasteiger charge is 2.41. The van der Waals surface area contributed by atoms with Gasteiger partial charge in [0.25, 0.3) is 0 Å². The Hall–Kier alpha value is -0.370. The third kappa shape index (κ3) is 2.81. The van der Waals surface area contributed by atoms with Gasteiger partial charge in [0.1, 0.15) is 6.29 Å². The average Bonchev–Trinajstić information content (AvgIpc) is 2.23. The molecule has 1 rings (SSSR count). The summed E-state index contributed by atoms with van der Waals surface area (Å²) in [6.45, 7) is 6.38. The van der Waals surface area contributed by atoms with Gasteiger partial charge in [-0.25, -0.2) is 0 Å². The van der Waals surface area contributed by atoms with E-state index < -0.39 is 0 Å². The first-order valence-electron chi connectivity index (χ1n) is 6.19. The van der Waals surface area contributed by atoms with Crippen molar-refractivity contribution in [1.82, 2.24) is 0 Å². The molecule has 88 valence electrons. The third-order valence-electron chi connectivity index (χ3n) is 4.13. The van der Waals surface area contributed by atoms with Crippen LogP contribution in [0.5, 0.6) is 0 Å². The lowest BCUT2D eigenvalue weighted by atomic mass is 9.64. The molecule has 1 aliphatic carbocycles. The Morgan fingerprint density at radius 3 is 2.53 bits per heavy atom. The minimum atomic E-state index is -0.296. The number of carbonyl (C=O) groups excluding carboxylic acids is 1. The topological polar surface area (TPSA) is 37.3 Å². The van der Waals surface area contributed by atoms with Gasteiger partial charge in [0.05, 0.1) is 6.10 Å². The molecule has 0 aromatic carbocycles. The van der Waals surface area contributed by atoms with Gasteiger partial charge in [-0.15, -0.1) is 0 Å². The van der Waals surface area contributed by atoms with Gasteiger partial charge in [0, 0.05) is 5.41 Å². The molecule has 0 aromatic rings. The maximum absolute atomic E-state index is 11.3. The molecule has 1 saturated carbocycles. The molecule has 1 fully saturated rings. The van der Waals surface area contributed by atoms with Gasteiger partial charge < -0.3 is 9.90 Å². The van der Waals surface area contributed by atoms with E-state index in [1.165, 1.54) is 0 Å². The molecule has 4 unspecified atom stereocenters. The van der Waals surface area contributed by atoms with Crippen molar-refractivity contribution in [3.8, 4) is 0 Å². The highest BCUT2D eigenvalue weighted by Crippen LogP contribution is 2.44. The van der Waals surface area contributed by atoms with Crippen LogP contribution in [0.1, 0.15) is 52.9 Å². The minimum absolute atomic E-state index is 0.235. The first-order chi connectivity index (χ1) is 7.04. The first-order valence-corrected chi connectivity index (χ1v) is 6.19. The second-order valence-corrected chi connectivity index (χ2v) is 5.40. The Labute approximate surface area is 93.1 Å². The minimum Gasteiger partial charge on any atom is -0.393 e. The lowest BCUT2D eigenvalue weighted by Gasteiger charge is -2.42. The summed E-state index contributed by atoms with van der Waals surface area (Å²) in [5, 5.41) is 9.96. The maximum Gasteiger partial charge on any atom is 0.126 e. The van der Waals surface area contributed by atoms with Gasteiger partial charge in [0.15, 0.2) is 0 Å². The van der Waals surface area contributed by atoms with Crippen LogP contribution in [0.25, 0.3) is 0 Å². The highest BCUT2D eigenvalue weighted by molar-refractivity contribution is 5.59. The molecule has 2 heteroatoms. The summed E-state index contributed by atoms with van der Waals surface area (Å²) in [6.07, 6.45) is 5.59. The highest BCUT2D eigenvalue weighted by atomic mass is 16.3. The van der Waals surface area contributed by atoms with Gasteiger partial charge in [0.2, 0.25) is 0 Å². The quantitative estimate of drug-likeness (QED) is 0.728. The van der Waals surface area contributed by atoms with Crippen molar-refractivity contribution in [3.05, 3.63) is 0 Å². The number of hydrogen-bond donors (Lipinski definition) is 1. The molecule has 0 radical (unpaired) electrons. The number of aliphatic hydroxyl groups is 1. The Kier molecular flexibility index (Phi) is 4.32. The Bertz CT molecular complexity index is 201. The van der Waals surface area contributed by atoms with Crippen LogP contribution in [0.4, 0.5) is 0 Å². The Morgan fingerprint density at radius 1 is 1.40 bits per heavy atom. The number of carbonyl (C=O) groups is 1. The van der Waals surface area contributed by atoms with E-state index in [4.69, 9.17) is 0 Å². The third-order valence-corrected chi connectivity index (χ3v) is 4.13. The number of hydrogen-bond acceptors (Lipinski definition) is 2. The lowest BCUT2D eigenvalue weighted by molar-refractivity contribution is -0.124. The monoisotopic (exact) mass is 212 g/mol. The van der Waals surface area contributed by atoms with Crippen LogP contribution in [0.3, 0.4) is 0 Å². The van der Waals surface area contributed by atoms with Crippen molar-refractivity contribution in [1.29, 1.82) is 0 Å². The largest absolute Gasteiger partial charge is 0.393 e. The summed E-state index contributed by atoms with van der Waals surface area (Å²) in [7, 11) is 0. The molecule has 0 aliphatic heterocycles. The van der Waals surface area contributed by atoms with Crippen molar-refractivity contribution < 1.29 is 9.90 Å². The molecule has 0 spiro atoms. The number of aldehydes is 1. The molecule has 1 aliphatic rings. The molecule has 0 aromatic heterocycles. The van der Waals surface area contributed by atoms with Crippen molar-refractivity contribution in [2.75, 3.05) is 0 Å². The molecule has 0 amide bonds. The van der Waals surface area contributed by atoms with Crippen LogP contribution in [0.2, 0.25) is 0 Å². The standard InChI is InChI=1S/C13H24O2/c1-4-5-6-13(9-14)7-10(2)11(3)12(15)8-13/h9-12,15H,4-8H2,1-3H3. The fourth-order valence-electron chi connectivity index (χ4n) is 2.78. The molecular formula is C13H24O2. The second kappa shape index (κ2) is 5.11. The predicted molar refractivity (Wildman–Crippen MR) is 61.6 cm³/mol. The van der Waals surface area contributed by atoms with Crippen LogP contribution in [0.15, 0.2) is 0 Å². The summed E-state index contributed by atoms with van der Waals surface area (Å²) >= 11 is 0. The number of rotatable bonds is 4. The van der Waals surface area contributed by atoms with E-state index in [-0.39, 0.29) is 11.5 Å². The molecule has 4 atom stereocenters. The zero-order valence-corrected chi connectivity index (χ0v) is 10.2. The average molecular weight is 212 g/mol. The smallest absolute Gasteiger partial charge is 0.126 e. The van der Waals surface area contributed by atoms with Crippen molar-refractivity contribution in [3.63, 3.8) is 0 Å². The van der Waals surface area contributed by atoms with Gasteiger partial charge in [-0.05, 0) is 31.1 Å². The van der Waals surface area contributed by atoms with Crippen LogP contribution >= 0.6 is 0 Å². The van der Waals surface area contributed by atoms with Crippen LogP contribution in [-0.4, -0.2) is 17.5 Å². The SMILES string of the molecule is CCCCC1(C=O)CC(C)C(C)C(O)C1. The summed E-state index contributed by atoms with van der Waals surface area (Å²) in [6, 6.07) is 0. The Morgan fingerprint density at radius 2 is 2.07 bits per heavy atom. The van der Waals surface area contributed by atoms with Crippen molar-refractivity contribution in [2.24, 2.45) is 17.3 Å². The summed E-state index contributed by atoms with van der Waals surface area (Å²) in [4.78, 5) is 11.3. The first kappa shape index (κ1) is 12.7. The van der Waals surface area contributed by atoms with Gasteiger partial charge in [-0.1, -0.05) is 33.6 Å². The van der Waals surface area contributed by atoms with Crippen LogP contribution < -0.4 is 0 Å².